The van der Waals surface area contributed by atoms with Crippen LogP contribution < -0.4 is 0 Å². The number of hydrogen-bond acceptors (Lipinski definition) is 5. The predicted octanol–water partition coefficient (Wildman–Crippen LogP) is 7.07. The maximum Gasteiger partial charge on any atom is 0.340 e. The molecule has 5 nitrogen and oxygen atoms in total. The van der Waals surface area contributed by atoms with E-state index in [-0.39, 0.29) is 23.3 Å². The van der Waals surface area contributed by atoms with Crippen molar-refractivity contribution in [2.75, 3.05) is 6.54 Å². The molecule has 3 heterocycles. The molecule has 1 spiro atoms. The molecule has 3 aliphatic heterocycles. The molecule has 8 aliphatic rings. The molecule has 3 fully saturated rings. The van der Waals surface area contributed by atoms with Crippen LogP contribution in [0.4, 0.5) is 0 Å². The standard InChI is InChI=1S/C33H39NO4/c1-3-5-8-26-33-15-11-21(24(29(33)31(36)38-26)17-20-12-16-34-19-20)22-9-10-23-25(37-30(35)27(23)28(22)33)18-32(4-2)13-6-7-14-32/h8,12,18-19,21-22,28H,3-7,9-11,13-17H2,1-2H3/b25-18?,26-8-/t21-,22-,28+,33-/m0/s1. The summed E-state index contributed by atoms with van der Waals surface area (Å²) in [5.41, 5.74) is 4.91. The van der Waals surface area contributed by atoms with Crippen molar-refractivity contribution in [2.45, 2.75) is 90.9 Å². The van der Waals surface area contributed by atoms with Crippen molar-refractivity contribution in [1.29, 1.82) is 0 Å². The number of hydrogen-bond donors (Lipinski definition) is 0. The molecular weight excluding hydrogens is 474 g/mol. The number of ether oxygens (including phenoxy) is 2. The fourth-order valence-electron chi connectivity index (χ4n) is 9.20. The highest BCUT2D eigenvalue weighted by molar-refractivity contribution is 6.00. The summed E-state index contributed by atoms with van der Waals surface area (Å²) in [4.78, 5) is 31.8. The first-order chi connectivity index (χ1) is 18.5. The van der Waals surface area contributed by atoms with Crippen LogP contribution in [0.1, 0.15) is 90.9 Å². The van der Waals surface area contributed by atoms with Gasteiger partial charge in [0.15, 0.2) is 0 Å². The maximum absolute atomic E-state index is 13.8. The van der Waals surface area contributed by atoms with Crippen LogP contribution in [0.15, 0.2) is 62.6 Å². The average molecular weight is 514 g/mol. The molecule has 0 amide bonds. The first-order valence-corrected chi connectivity index (χ1v) is 15.0. The molecule has 2 saturated carbocycles. The highest BCUT2D eigenvalue weighted by atomic mass is 16.5. The summed E-state index contributed by atoms with van der Waals surface area (Å²) in [6.45, 7) is 5.14. The lowest BCUT2D eigenvalue weighted by molar-refractivity contribution is -0.135. The second kappa shape index (κ2) is 8.93. The van der Waals surface area contributed by atoms with Gasteiger partial charge in [0, 0.05) is 23.3 Å². The van der Waals surface area contributed by atoms with Gasteiger partial charge in [0.25, 0.3) is 0 Å². The molecule has 2 bridgehead atoms. The third-order valence-electron chi connectivity index (χ3n) is 10.9. The third kappa shape index (κ3) is 3.32. The smallest absolute Gasteiger partial charge is 0.340 e. The minimum absolute atomic E-state index is 0.0379. The van der Waals surface area contributed by atoms with Gasteiger partial charge >= 0.3 is 11.9 Å². The number of unbranched alkanes of at least 4 members (excludes halogenated alkanes) is 1. The highest BCUT2D eigenvalue weighted by Crippen LogP contribution is 2.71. The first kappa shape index (κ1) is 24.4. The summed E-state index contributed by atoms with van der Waals surface area (Å²) in [7, 11) is 0. The zero-order valence-electron chi connectivity index (χ0n) is 22.8. The van der Waals surface area contributed by atoms with Crippen molar-refractivity contribution in [3.8, 4) is 0 Å². The summed E-state index contributed by atoms with van der Waals surface area (Å²) < 4.78 is 12.3. The Morgan fingerprint density at radius 3 is 2.66 bits per heavy atom. The number of aliphatic imine (C=N–C) groups is 1. The molecule has 38 heavy (non-hydrogen) atoms. The van der Waals surface area contributed by atoms with Crippen LogP contribution >= 0.6 is 0 Å². The number of nitrogens with zero attached hydrogens (tertiary/aromatic N) is 1. The van der Waals surface area contributed by atoms with Gasteiger partial charge in [0.1, 0.15) is 11.5 Å². The van der Waals surface area contributed by atoms with Crippen LogP contribution in [0.25, 0.3) is 0 Å². The Bertz CT molecular complexity index is 1280. The van der Waals surface area contributed by atoms with Crippen LogP contribution in [0.3, 0.4) is 0 Å². The minimum Gasteiger partial charge on any atom is -0.427 e. The highest BCUT2D eigenvalue weighted by Gasteiger charge is 2.68. The van der Waals surface area contributed by atoms with Crippen LogP contribution in [-0.2, 0) is 19.1 Å². The maximum atomic E-state index is 13.8. The fourth-order valence-corrected chi connectivity index (χ4v) is 9.20. The molecule has 5 heteroatoms. The van der Waals surface area contributed by atoms with Gasteiger partial charge in [0.05, 0.1) is 17.5 Å². The summed E-state index contributed by atoms with van der Waals surface area (Å²) >= 11 is 0. The van der Waals surface area contributed by atoms with Crippen molar-refractivity contribution in [1.82, 2.24) is 0 Å². The molecule has 4 atom stereocenters. The Balaban J connectivity index is 1.39. The van der Waals surface area contributed by atoms with E-state index < -0.39 is 5.41 Å². The van der Waals surface area contributed by atoms with Gasteiger partial charge < -0.3 is 9.47 Å². The Morgan fingerprint density at radius 2 is 1.92 bits per heavy atom. The van der Waals surface area contributed by atoms with Crippen LogP contribution in [-0.4, -0.2) is 24.7 Å². The van der Waals surface area contributed by atoms with E-state index in [1.807, 2.05) is 6.21 Å². The van der Waals surface area contributed by atoms with Crippen molar-refractivity contribution in [3.63, 3.8) is 0 Å². The van der Waals surface area contributed by atoms with E-state index in [4.69, 9.17) is 9.47 Å². The molecule has 0 unspecified atom stereocenters. The van der Waals surface area contributed by atoms with Crippen LogP contribution in [0, 0.1) is 28.6 Å². The van der Waals surface area contributed by atoms with Gasteiger partial charge in [-0.2, -0.15) is 0 Å². The second-order valence-corrected chi connectivity index (χ2v) is 12.6. The molecule has 0 aromatic rings. The van der Waals surface area contributed by atoms with Crippen LogP contribution in [0.2, 0.25) is 0 Å². The van der Waals surface area contributed by atoms with Crippen LogP contribution in [0.5, 0.6) is 0 Å². The Labute approximate surface area is 225 Å². The van der Waals surface area contributed by atoms with Gasteiger partial charge in [-0.1, -0.05) is 44.8 Å². The molecule has 8 rings (SSSR count). The number of cyclic esters (lactones) is 2. The van der Waals surface area contributed by atoms with E-state index in [0.29, 0.717) is 11.8 Å². The lowest BCUT2D eigenvalue weighted by Crippen LogP contribution is -2.52. The lowest BCUT2D eigenvalue weighted by atomic mass is 9.44. The summed E-state index contributed by atoms with van der Waals surface area (Å²) in [5, 5.41) is 0. The van der Waals surface area contributed by atoms with Crippen molar-refractivity contribution in [3.05, 3.63) is 57.6 Å². The van der Waals surface area contributed by atoms with E-state index in [1.54, 1.807) is 0 Å². The van der Waals surface area contributed by atoms with E-state index in [1.165, 1.54) is 36.8 Å². The monoisotopic (exact) mass is 513 g/mol. The van der Waals surface area contributed by atoms with Gasteiger partial charge in [-0.3, -0.25) is 4.99 Å². The Morgan fingerprint density at radius 1 is 1.08 bits per heavy atom. The van der Waals surface area contributed by atoms with E-state index in [2.05, 4.69) is 37.1 Å². The second-order valence-electron chi connectivity index (χ2n) is 12.6. The average Bonchev–Trinajstić information content (AvgIpc) is 3.72. The topological polar surface area (TPSA) is 65.0 Å². The third-order valence-corrected chi connectivity index (χ3v) is 10.9. The fraction of sp³-hybridized carbons (Fsp3) is 0.606. The summed E-state index contributed by atoms with van der Waals surface area (Å²) in [5.74, 6) is 1.87. The quantitative estimate of drug-likeness (QED) is 0.356. The lowest BCUT2D eigenvalue weighted by Gasteiger charge is -2.56. The number of rotatable bonds is 6. The van der Waals surface area contributed by atoms with E-state index >= 15 is 0 Å². The molecule has 0 radical (unpaired) electrons. The largest absolute Gasteiger partial charge is 0.427 e. The number of carbonyl (C=O) groups excluding carboxylic acids is 2. The molecule has 0 aromatic carbocycles. The molecular formula is C33H39NO4. The zero-order valence-corrected chi connectivity index (χ0v) is 22.8. The Kier molecular flexibility index (Phi) is 5.72. The van der Waals surface area contributed by atoms with Crippen molar-refractivity contribution < 1.29 is 19.1 Å². The van der Waals surface area contributed by atoms with Gasteiger partial charge in [-0.05, 0) is 92.8 Å². The predicted molar refractivity (Wildman–Crippen MR) is 146 cm³/mol. The van der Waals surface area contributed by atoms with E-state index in [9.17, 15) is 9.59 Å². The van der Waals surface area contributed by atoms with E-state index in [0.717, 1.165) is 86.1 Å². The number of carbonyl (C=O) groups is 2. The number of fused-ring (bicyclic) bond motifs is 1. The summed E-state index contributed by atoms with van der Waals surface area (Å²) in [6, 6.07) is 0. The molecule has 1 saturated heterocycles. The SMILES string of the molecule is CCC/C=C1\OC(=O)C2=C(CC3=CCN=C3)[C@H]3CC[C@]21[C@H]1C2=C(CC[C@@H]31)C(=CC1(CC)CCCC1)OC2=O. The normalized spacial score (nSPS) is 36.7. The molecule has 0 aromatic heterocycles. The molecule has 200 valence electrons. The van der Waals surface area contributed by atoms with Crippen molar-refractivity contribution in [2.24, 2.45) is 33.6 Å². The first-order valence-electron chi connectivity index (χ1n) is 15.0. The Hall–Kier alpha value is -2.69. The van der Waals surface area contributed by atoms with Gasteiger partial charge in [-0.25, -0.2) is 9.59 Å². The zero-order chi connectivity index (χ0) is 26.1. The minimum atomic E-state index is -0.539. The van der Waals surface area contributed by atoms with Crippen molar-refractivity contribution >= 4 is 18.2 Å². The molecule has 5 aliphatic carbocycles. The molecule has 0 N–H and O–H groups in total. The number of allylic oxidation sites excluding steroid dienone is 6. The van der Waals surface area contributed by atoms with Gasteiger partial charge in [-0.15, -0.1) is 0 Å². The number of esters is 2. The van der Waals surface area contributed by atoms with Gasteiger partial charge in [0.2, 0.25) is 0 Å². The summed E-state index contributed by atoms with van der Waals surface area (Å²) in [6.07, 6.45) is 21.0.